The lowest BCUT2D eigenvalue weighted by atomic mass is 9.97. The fourth-order valence-electron chi connectivity index (χ4n) is 1.32. The van der Waals surface area contributed by atoms with E-state index >= 15 is 0 Å². The smallest absolute Gasteiger partial charge is 0.0871 e. The van der Waals surface area contributed by atoms with E-state index in [0.29, 0.717) is 6.54 Å². The molecule has 1 aromatic carbocycles. The zero-order chi connectivity index (χ0) is 11.3. The van der Waals surface area contributed by atoms with E-state index in [4.69, 9.17) is 10.5 Å². The molecule has 1 aromatic rings. The van der Waals surface area contributed by atoms with Crippen LogP contribution in [-0.4, -0.2) is 13.7 Å². The van der Waals surface area contributed by atoms with Crippen molar-refractivity contribution in [1.29, 1.82) is 0 Å². The van der Waals surface area contributed by atoms with E-state index in [2.05, 4.69) is 38.1 Å². The van der Waals surface area contributed by atoms with Crippen LogP contribution in [0.5, 0.6) is 0 Å². The van der Waals surface area contributed by atoms with Crippen molar-refractivity contribution in [3.8, 4) is 0 Å². The van der Waals surface area contributed by atoms with Gasteiger partial charge in [0.2, 0.25) is 0 Å². The Balaban J connectivity index is 2.85. The average Bonchev–Trinajstić information content (AvgIpc) is 2.27. The van der Waals surface area contributed by atoms with Gasteiger partial charge in [-0.3, -0.25) is 0 Å². The SMILES string of the molecule is COC(C)(C)c1ccc(/C=C/CN)cc1. The van der Waals surface area contributed by atoms with Gasteiger partial charge in [-0.15, -0.1) is 0 Å². The molecular formula is C13H19NO. The summed E-state index contributed by atoms with van der Waals surface area (Å²) in [4.78, 5) is 0. The fraction of sp³-hybridized carbons (Fsp3) is 0.385. The van der Waals surface area contributed by atoms with Gasteiger partial charge in [-0.25, -0.2) is 0 Å². The van der Waals surface area contributed by atoms with Gasteiger partial charge in [0.05, 0.1) is 5.60 Å². The quantitative estimate of drug-likeness (QED) is 0.819. The molecular weight excluding hydrogens is 186 g/mol. The Hall–Kier alpha value is -1.12. The van der Waals surface area contributed by atoms with Crippen molar-refractivity contribution in [3.63, 3.8) is 0 Å². The molecule has 0 aliphatic carbocycles. The van der Waals surface area contributed by atoms with Crippen molar-refractivity contribution in [1.82, 2.24) is 0 Å². The van der Waals surface area contributed by atoms with Gasteiger partial charge < -0.3 is 10.5 Å². The topological polar surface area (TPSA) is 35.2 Å². The molecule has 0 radical (unpaired) electrons. The number of benzene rings is 1. The first kappa shape index (κ1) is 12.0. The third-order valence-corrected chi connectivity index (χ3v) is 2.56. The zero-order valence-corrected chi connectivity index (χ0v) is 9.66. The molecule has 0 spiro atoms. The molecule has 0 atom stereocenters. The molecule has 0 saturated carbocycles. The van der Waals surface area contributed by atoms with Crippen LogP contribution < -0.4 is 5.73 Å². The van der Waals surface area contributed by atoms with Crippen molar-refractivity contribution in [3.05, 3.63) is 41.5 Å². The molecule has 0 fully saturated rings. The Kier molecular flexibility index (Phi) is 4.06. The average molecular weight is 205 g/mol. The van der Waals surface area contributed by atoms with Crippen molar-refractivity contribution in [2.75, 3.05) is 13.7 Å². The first-order valence-electron chi connectivity index (χ1n) is 5.12. The minimum Gasteiger partial charge on any atom is -0.374 e. The first-order chi connectivity index (χ1) is 7.10. The highest BCUT2D eigenvalue weighted by Crippen LogP contribution is 2.23. The van der Waals surface area contributed by atoms with Crippen LogP contribution in [0.1, 0.15) is 25.0 Å². The molecule has 2 heteroatoms. The Morgan fingerprint density at radius 3 is 2.33 bits per heavy atom. The Morgan fingerprint density at radius 1 is 1.27 bits per heavy atom. The van der Waals surface area contributed by atoms with Gasteiger partial charge in [0.15, 0.2) is 0 Å². The Morgan fingerprint density at radius 2 is 1.87 bits per heavy atom. The molecule has 0 aliphatic heterocycles. The summed E-state index contributed by atoms with van der Waals surface area (Å²) in [5.74, 6) is 0. The van der Waals surface area contributed by atoms with E-state index in [1.807, 2.05) is 12.2 Å². The largest absolute Gasteiger partial charge is 0.374 e. The van der Waals surface area contributed by atoms with Crippen LogP contribution in [0, 0.1) is 0 Å². The summed E-state index contributed by atoms with van der Waals surface area (Å²) >= 11 is 0. The highest BCUT2D eigenvalue weighted by Gasteiger charge is 2.18. The lowest BCUT2D eigenvalue weighted by Crippen LogP contribution is -2.19. The lowest BCUT2D eigenvalue weighted by molar-refractivity contribution is 0.0192. The third-order valence-electron chi connectivity index (χ3n) is 2.56. The van der Waals surface area contributed by atoms with Crippen LogP contribution in [0.3, 0.4) is 0 Å². The number of nitrogens with two attached hydrogens (primary N) is 1. The highest BCUT2D eigenvalue weighted by atomic mass is 16.5. The van der Waals surface area contributed by atoms with Gasteiger partial charge in [-0.1, -0.05) is 36.4 Å². The van der Waals surface area contributed by atoms with E-state index in [1.165, 1.54) is 5.56 Å². The molecule has 0 bridgehead atoms. The zero-order valence-electron chi connectivity index (χ0n) is 9.66. The van der Waals surface area contributed by atoms with Crippen LogP contribution in [0.15, 0.2) is 30.3 Å². The molecule has 1 rings (SSSR count). The van der Waals surface area contributed by atoms with E-state index in [-0.39, 0.29) is 5.60 Å². The molecule has 0 amide bonds. The van der Waals surface area contributed by atoms with Crippen molar-refractivity contribution in [2.45, 2.75) is 19.4 Å². The maximum Gasteiger partial charge on any atom is 0.0871 e. The van der Waals surface area contributed by atoms with Gasteiger partial charge in [-0.2, -0.15) is 0 Å². The second-order valence-corrected chi connectivity index (χ2v) is 3.97. The standard InChI is InChI=1S/C13H19NO/c1-13(2,15-3)12-8-6-11(7-9-12)5-4-10-14/h4-9H,10,14H2,1-3H3/b5-4+. The van der Waals surface area contributed by atoms with Crippen LogP contribution in [0.4, 0.5) is 0 Å². The Labute approximate surface area is 91.7 Å². The summed E-state index contributed by atoms with van der Waals surface area (Å²) in [6.45, 7) is 4.68. The maximum atomic E-state index is 5.41. The van der Waals surface area contributed by atoms with E-state index in [0.717, 1.165) is 5.56 Å². The summed E-state index contributed by atoms with van der Waals surface area (Å²) in [7, 11) is 1.72. The predicted molar refractivity (Wildman–Crippen MR) is 64.6 cm³/mol. The third kappa shape index (κ3) is 3.18. The van der Waals surface area contributed by atoms with E-state index in [1.54, 1.807) is 7.11 Å². The van der Waals surface area contributed by atoms with Crippen LogP contribution in [0.25, 0.3) is 6.08 Å². The van der Waals surface area contributed by atoms with Gasteiger partial charge >= 0.3 is 0 Å². The second kappa shape index (κ2) is 5.10. The van der Waals surface area contributed by atoms with Crippen molar-refractivity contribution < 1.29 is 4.74 Å². The van der Waals surface area contributed by atoms with Crippen molar-refractivity contribution in [2.24, 2.45) is 5.73 Å². The lowest BCUT2D eigenvalue weighted by Gasteiger charge is -2.23. The Bertz CT molecular complexity index is 325. The second-order valence-electron chi connectivity index (χ2n) is 3.97. The minimum absolute atomic E-state index is 0.226. The first-order valence-corrected chi connectivity index (χ1v) is 5.12. The van der Waals surface area contributed by atoms with Crippen LogP contribution in [-0.2, 0) is 10.3 Å². The van der Waals surface area contributed by atoms with Crippen LogP contribution in [0.2, 0.25) is 0 Å². The number of hydrogen-bond donors (Lipinski definition) is 1. The summed E-state index contributed by atoms with van der Waals surface area (Å²) < 4.78 is 5.41. The number of hydrogen-bond acceptors (Lipinski definition) is 2. The fourth-order valence-corrected chi connectivity index (χ4v) is 1.32. The summed E-state index contributed by atoms with van der Waals surface area (Å²) in [6, 6.07) is 8.31. The number of ether oxygens (including phenoxy) is 1. The van der Waals surface area contributed by atoms with Gasteiger partial charge in [-0.05, 0) is 25.0 Å². The van der Waals surface area contributed by atoms with Gasteiger partial charge in [0.25, 0.3) is 0 Å². The minimum atomic E-state index is -0.226. The van der Waals surface area contributed by atoms with Gasteiger partial charge in [0.1, 0.15) is 0 Å². The van der Waals surface area contributed by atoms with Gasteiger partial charge in [0, 0.05) is 13.7 Å². The normalized spacial score (nSPS) is 12.3. The molecule has 0 aromatic heterocycles. The van der Waals surface area contributed by atoms with Crippen molar-refractivity contribution >= 4 is 6.08 Å². The van der Waals surface area contributed by atoms with E-state index < -0.39 is 0 Å². The molecule has 82 valence electrons. The molecule has 15 heavy (non-hydrogen) atoms. The maximum absolute atomic E-state index is 5.41. The highest BCUT2D eigenvalue weighted by molar-refractivity contribution is 5.50. The molecule has 0 aliphatic rings. The molecule has 2 N–H and O–H groups in total. The molecule has 0 unspecified atom stereocenters. The molecule has 0 heterocycles. The predicted octanol–water partition coefficient (Wildman–Crippen LogP) is 2.54. The van der Waals surface area contributed by atoms with E-state index in [9.17, 15) is 0 Å². The molecule has 0 saturated heterocycles. The summed E-state index contributed by atoms with van der Waals surface area (Å²) in [6.07, 6.45) is 3.96. The number of methoxy groups -OCH3 is 1. The molecule has 2 nitrogen and oxygen atoms in total. The monoisotopic (exact) mass is 205 g/mol. The summed E-state index contributed by atoms with van der Waals surface area (Å²) in [5, 5.41) is 0. The van der Waals surface area contributed by atoms with Crippen LogP contribution >= 0.6 is 0 Å². The summed E-state index contributed by atoms with van der Waals surface area (Å²) in [5.41, 5.74) is 7.50. The number of rotatable bonds is 4.